The average Bonchev–Trinajstić information content (AvgIpc) is 3.15. The number of carbonyl (C=O) groups is 1. The van der Waals surface area contributed by atoms with E-state index in [0.717, 1.165) is 17.8 Å². The minimum absolute atomic E-state index is 0.134. The van der Waals surface area contributed by atoms with Gasteiger partial charge in [0, 0.05) is 18.7 Å². The summed E-state index contributed by atoms with van der Waals surface area (Å²) in [6.07, 6.45) is 1.24. The highest BCUT2D eigenvalue weighted by Crippen LogP contribution is 2.25. The fraction of sp³-hybridized carbons (Fsp3) is 0.400. The number of benzene rings is 1. The molecule has 0 bridgehead atoms. The number of oxazole rings is 1. The van der Waals surface area contributed by atoms with Crippen LogP contribution >= 0.6 is 0 Å². The van der Waals surface area contributed by atoms with Crippen LogP contribution in [0.15, 0.2) is 40.8 Å². The van der Waals surface area contributed by atoms with Gasteiger partial charge in [0.1, 0.15) is 6.10 Å². The molecule has 1 amide bonds. The van der Waals surface area contributed by atoms with Crippen LogP contribution in [0.4, 0.5) is 0 Å². The van der Waals surface area contributed by atoms with Crippen molar-refractivity contribution in [3.63, 3.8) is 0 Å². The monoisotopic (exact) mass is 419 g/mol. The average molecular weight is 420 g/mol. The number of ether oxygens (including phenoxy) is 1. The van der Waals surface area contributed by atoms with Crippen LogP contribution in [0.25, 0.3) is 0 Å². The molecule has 1 fully saturated rings. The Hall–Kier alpha value is -2.99. The number of morpholine rings is 1. The lowest BCUT2D eigenvalue weighted by atomic mass is 10.0. The summed E-state index contributed by atoms with van der Waals surface area (Å²) >= 11 is 0. The summed E-state index contributed by atoms with van der Waals surface area (Å²) in [6, 6.07) is 12.8. The summed E-state index contributed by atoms with van der Waals surface area (Å²) in [5, 5.41) is 0. The molecule has 0 unspecified atom stereocenters. The molecule has 0 aliphatic carbocycles. The van der Waals surface area contributed by atoms with Crippen LogP contribution in [0.1, 0.15) is 63.2 Å². The van der Waals surface area contributed by atoms with Gasteiger partial charge in [0.15, 0.2) is 5.89 Å². The van der Waals surface area contributed by atoms with Crippen LogP contribution in [0.2, 0.25) is 0 Å². The van der Waals surface area contributed by atoms with Gasteiger partial charge < -0.3 is 14.1 Å². The molecule has 1 atom stereocenters. The van der Waals surface area contributed by atoms with Crippen LogP contribution < -0.4 is 0 Å². The Morgan fingerprint density at radius 3 is 2.58 bits per heavy atom. The fourth-order valence-electron chi connectivity index (χ4n) is 3.93. The smallest absolute Gasteiger partial charge is 0.291 e. The van der Waals surface area contributed by atoms with Crippen LogP contribution in [-0.2, 0) is 17.6 Å². The molecule has 0 saturated carbocycles. The Labute approximate surface area is 183 Å². The Morgan fingerprint density at radius 1 is 1.10 bits per heavy atom. The summed E-state index contributed by atoms with van der Waals surface area (Å²) in [7, 11) is 0. The summed E-state index contributed by atoms with van der Waals surface area (Å²) in [5.74, 6) is 0.784. The van der Waals surface area contributed by atoms with Gasteiger partial charge >= 0.3 is 0 Å². The first kappa shape index (κ1) is 21.2. The Morgan fingerprint density at radius 2 is 1.87 bits per heavy atom. The van der Waals surface area contributed by atoms with E-state index in [1.54, 1.807) is 4.90 Å². The molecule has 6 heteroatoms. The first-order valence-corrected chi connectivity index (χ1v) is 10.8. The number of aromatic nitrogens is 2. The number of hydrogen-bond donors (Lipinski definition) is 0. The van der Waals surface area contributed by atoms with Gasteiger partial charge in [-0.05, 0) is 50.5 Å². The lowest BCUT2D eigenvalue weighted by Gasteiger charge is -2.32. The standard InChI is InChI=1S/C25H29N3O3/c1-5-23-27-18(4)24(31-23)25(29)28-10-11-30-22(15-28)21-14-20(12-17(3)26-21)13-19-8-6-16(2)7-9-19/h6-9,12,14,22H,5,10-11,13,15H2,1-4H3/t22-/m1/s1. The molecular formula is C25H29N3O3. The molecule has 1 aliphatic heterocycles. The zero-order chi connectivity index (χ0) is 22.0. The maximum absolute atomic E-state index is 13.0. The SMILES string of the molecule is CCc1nc(C)c(C(=O)N2CCO[C@@H](c3cc(Cc4ccc(C)cc4)cc(C)n3)C2)o1. The van der Waals surface area contributed by atoms with E-state index in [-0.39, 0.29) is 12.0 Å². The molecule has 3 aromatic rings. The molecule has 2 aromatic heterocycles. The summed E-state index contributed by atoms with van der Waals surface area (Å²) in [4.78, 5) is 23.9. The molecular weight excluding hydrogens is 390 g/mol. The number of carbonyl (C=O) groups excluding carboxylic acids is 1. The van der Waals surface area contributed by atoms with Crippen molar-refractivity contribution in [2.24, 2.45) is 0 Å². The second kappa shape index (κ2) is 9.02. The molecule has 1 aromatic carbocycles. The molecule has 1 aliphatic rings. The first-order valence-electron chi connectivity index (χ1n) is 10.8. The third-order valence-electron chi connectivity index (χ3n) is 5.58. The van der Waals surface area contributed by atoms with Crippen LogP contribution in [0, 0.1) is 20.8 Å². The molecule has 31 heavy (non-hydrogen) atoms. The third kappa shape index (κ3) is 4.85. The predicted molar refractivity (Wildman–Crippen MR) is 118 cm³/mol. The third-order valence-corrected chi connectivity index (χ3v) is 5.58. The van der Waals surface area contributed by atoms with Crippen molar-refractivity contribution in [3.05, 3.63) is 81.8 Å². The topological polar surface area (TPSA) is 68.5 Å². The predicted octanol–water partition coefficient (Wildman–Crippen LogP) is 4.36. The molecule has 0 spiro atoms. The van der Waals surface area contributed by atoms with E-state index < -0.39 is 0 Å². The lowest BCUT2D eigenvalue weighted by molar-refractivity contribution is -0.0258. The van der Waals surface area contributed by atoms with Gasteiger partial charge in [0.2, 0.25) is 5.76 Å². The van der Waals surface area contributed by atoms with E-state index in [1.807, 2.05) is 20.8 Å². The quantitative estimate of drug-likeness (QED) is 0.615. The van der Waals surface area contributed by atoms with Crippen molar-refractivity contribution >= 4 is 5.91 Å². The number of pyridine rings is 1. The van der Waals surface area contributed by atoms with Crippen molar-refractivity contribution in [1.29, 1.82) is 0 Å². The molecule has 6 nitrogen and oxygen atoms in total. The maximum Gasteiger partial charge on any atom is 0.291 e. The Kier molecular flexibility index (Phi) is 6.18. The van der Waals surface area contributed by atoms with Crippen LogP contribution in [0.5, 0.6) is 0 Å². The second-order valence-corrected chi connectivity index (χ2v) is 8.19. The summed E-state index contributed by atoms with van der Waals surface area (Å²) in [5.41, 5.74) is 6.16. The van der Waals surface area contributed by atoms with E-state index in [1.165, 1.54) is 16.7 Å². The van der Waals surface area contributed by atoms with Crippen molar-refractivity contribution in [1.82, 2.24) is 14.9 Å². The minimum atomic E-state index is -0.261. The molecule has 3 heterocycles. The second-order valence-electron chi connectivity index (χ2n) is 8.19. The highest BCUT2D eigenvalue weighted by Gasteiger charge is 2.30. The zero-order valence-electron chi connectivity index (χ0n) is 18.6. The summed E-state index contributed by atoms with van der Waals surface area (Å²) < 4.78 is 11.7. The molecule has 162 valence electrons. The number of nitrogens with zero attached hydrogens (tertiary/aromatic N) is 3. The van der Waals surface area contributed by atoms with E-state index in [0.29, 0.717) is 43.5 Å². The van der Waals surface area contributed by atoms with E-state index in [9.17, 15) is 4.79 Å². The number of aryl methyl sites for hydroxylation is 4. The van der Waals surface area contributed by atoms with Gasteiger partial charge in [-0.25, -0.2) is 4.98 Å². The van der Waals surface area contributed by atoms with Gasteiger partial charge in [0.25, 0.3) is 5.91 Å². The van der Waals surface area contributed by atoms with Gasteiger partial charge in [-0.1, -0.05) is 36.8 Å². The largest absolute Gasteiger partial charge is 0.435 e. The highest BCUT2D eigenvalue weighted by atomic mass is 16.5. The van der Waals surface area contributed by atoms with Gasteiger partial charge in [0.05, 0.1) is 24.5 Å². The van der Waals surface area contributed by atoms with E-state index in [2.05, 4.69) is 48.3 Å². The van der Waals surface area contributed by atoms with Gasteiger partial charge in [-0.3, -0.25) is 9.78 Å². The van der Waals surface area contributed by atoms with E-state index >= 15 is 0 Å². The molecule has 0 N–H and O–H groups in total. The minimum Gasteiger partial charge on any atom is -0.435 e. The van der Waals surface area contributed by atoms with Crippen LogP contribution in [-0.4, -0.2) is 40.5 Å². The first-order chi connectivity index (χ1) is 14.9. The highest BCUT2D eigenvalue weighted by molar-refractivity contribution is 5.92. The van der Waals surface area contributed by atoms with Gasteiger partial charge in [-0.15, -0.1) is 0 Å². The van der Waals surface area contributed by atoms with E-state index in [4.69, 9.17) is 14.1 Å². The van der Waals surface area contributed by atoms with Crippen LogP contribution in [0.3, 0.4) is 0 Å². The van der Waals surface area contributed by atoms with Crippen molar-refractivity contribution < 1.29 is 13.9 Å². The summed E-state index contributed by atoms with van der Waals surface area (Å²) in [6.45, 7) is 9.30. The van der Waals surface area contributed by atoms with Gasteiger partial charge in [-0.2, -0.15) is 0 Å². The number of amides is 1. The van der Waals surface area contributed by atoms with Crippen molar-refractivity contribution in [2.75, 3.05) is 19.7 Å². The number of hydrogen-bond acceptors (Lipinski definition) is 5. The molecule has 4 rings (SSSR count). The van der Waals surface area contributed by atoms with Crippen molar-refractivity contribution in [3.8, 4) is 0 Å². The lowest BCUT2D eigenvalue weighted by Crippen LogP contribution is -2.42. The molecule has 0 radical (unpaired) electrons. The Bertz CT molecular complexity index is 1070. The number of rotatable bonds is 5. The zero-order valence-corrected chi connectivity index (χ0v) is 18.6. The fourth-order valence-corrected chi connectivity index (χ4v) is 3.93. The maximum atomic E-state index is 13.0. The molecule has 1 saturated heterocycles. The Balaban J connectivity index is 1.52. The normalized spacial score (nSPS) is 16.5. The van der Waals surface area contributed by atoms with Crippen molar-refractivity contribution in [2.45, 2.75) is 46.6 Å².